The van der Waals surface area contributed by atoms with Gasteiger partial charge in [-0.25, -0.2) is 0 Å². The van der Waals surface area contributed by atoms with Crippen molar-refractivity contribution in [1.82, 2.24) is 10.6 Å². The van der Waals surface area contributed by atoms with E-state index in [-0.39, 0.29) is 24.8 Å². The Morgan fingerprint density at radius 2 is 1.59 bits per heavy atom. The molecule has 3 aromatic carbocycles. The molecule has 0 aromatic heterocycles. The summed E-state index contributed by atoms with van der Waals surface area (Å²) in [4.78, 5) is 24.4. The highest BCUT2D eigenvalue weighted by Gasteiger charge is 2.09. The molecule has 0 fully saturated rings. The molecule has 6 nitrogen and oxygen atoms in total. The van der Waals surface area contributed by atoms with E-state index in [4.69, 9.17) is 9.47 Å². The fourth-order valence-corrected chi connectivity index (χ4v) is 3.00. The van der Waals surface area contributed by atoms with E-state index < -0.39 is 0 Å². The van der Waals surface area contributed by atoms with Crippen LogP contribution in [0.25, 0.3) is 10.8 Å². The third-order valence-corrected chi connectivity index (χ3v) is 4.59. The first kappa shape index (κ1) is 20.2. The number of carbonyl (C=O) groups excluding carboxylic acids is 2. The number of nitrogens with one attached hydrogen (secondary N) is 2. The number of methoxy groups -OCH3 is 2. The molecule has 0 bridgehead atoms. The van der Waals surface area contributed by atoms with E-state index in [1.807, 2.05) is 48.5 Å². The van der Waals surface area contributed by atoms with E-state index in [0.29, 0.717) is 23.6 Å². The molecule has 0 saturated carbocycles. The number of rotatable bonds is 8. The van der Waals surface area contributed by atoms with Crippen LogP contribution in [0.5, 0.6) is 11.5 Å². The van der Waals surface area contributed by atoms with E-state index in [1.165, 1.54) is 0 Å². The number of ether oxygens (including phenoxy) is 2. The molecule has 3 rings (SSSR count). The van der Waals surface area contributed by atoms with Gasteiger partial charge in [-0.1, -0.05) is 36.4 Å². The lowest BCUT2D eigenvalue weighted by atomic mass is 10.1. The van der Waals surface area contributed by atoms with E-state index in [9.17, 15) is 9.59 Å². The zero-order valence-electron chi connectivity index (χ0n) is 16.5. The standard InChI is InChI=1S/C23H24N2O4/c1-28-20-10-7-16(13-21(20)29-2)15-25-22(26)11-12-24-23(27)19-9-8-17-5-3-4-6-18(17)14-19/h3-10,13-14H,11-12,15H2,1-2H3,(H,24,27)(H,25,26). The molecule has 150 valence electrons. The van der Waals surface area contributed by atoms with Gasteiger partial charge < -0.3 is 20.1 Å². The Labute approximate surface area is 169 Å². The molecule has 0 spiro atoms. The lowest BCUT2D eigenvalue weighted by Gasteiger charge is -2.11. The number of amides is 2. The predicted octanol–water partition coefficient (Wildman–Crippen LogP) is 3.29. The molecule has 0 saturated heterocycles. The van der Waals surface area contributed by atoms with Crippen molar-refractivity contribution in [1.29, 1.82) is 0 Å². The van der Waals surface area contributed by atoms with Crippen molar-refractivity contribution in [3.05, 3.63) is 71.8 Å². The number of hydrogen-bond donors (Lipinski definition) is 2. The molecule has 0 unspecified atom stereocenters. The van der Waals surface area contributed by atoms with Crippen molar-refractivity contribution >= 4 is 22.6 Å². The smallest absolute Gasteiger partial charge is 0.251 e. The average molecular weight is 392 g/mol. The Hall–Kier alpha value is -3.54. The fraction of sp³-hybridized carbons (Fsp3) is 0.217. The van der Waals surface area contributed by atoms with Crippen LogP contribution in [-0.4, -0.2) is 32.6 Å². The van der Waals surface area contributed by atoms with Gasteiger partial charge >= 0.3 is 0 Å². The molecule has 0 aliphatic carbocycles. The summed E-state index contributed by atoms with van der Waals surface area (Å²) in [6.45, 7) is 0.640. The average Bonchev–Trinajstić information content (AvgIpc) is 2.76. The first-order chi connectivity index (χ1) is 14.1. The predicted molar refractivity (Wildman–Crippen MR) is 112 cm³/mol. The van der Waals surface area contributed by atoms with Crippen molar-refractivity contribution in [2.75, 3.05) is 20.8 Å². The third-order valence-electron chi connectivity index (χ3n) is 4.59. The molecule has 29 heavy (non-hydrogen) atoms. The van der Waals surface area contributed by atoms with Crippen LogP contribution in [-0.2, 0) is 11.3 Å². The van der Waals surface area contributed by atoms with Gasteiger partial charge in [0, 0.05) is 25.1 Å². The second-order valence-electron chi connectivity index (χ2n) is 6.53. The van der Waals surface area contributed by atoms with Gasteiger partial charge in [-0.2, -0.15) is 0 Å². The van der Waals surface area contributed by atoms with E-state index in [2.05, 4.69) is 10.6 Å². The quantitative estimate of drug-likeness (QED) is 0.617. The van der Waals surface area contributed by atoms with Crippen molar-refractivity contribution in [3.8, 4) is 11.5 Å². The highest BCUT2D eigenvalue weighted by Crippen LogP contribution is 2.27. The zero-order valence-corrected chi connectivity index (χ0v) is 16.5. The highest BCUT2D eigenvalue weighted by atomic mass is 16.5. The first-order valence-electron chi connectivity index (χ1n) is 9.35. The Bertz CT molecular complexity index is 1020. The number of fused-ring (bicyclic) bond motifs is 1. The van der Waals surface area contributed by atoms with Gasteiger partial charge in [0.25, 0.3) is 5.91 Å². The topological polar surface area (TPSA) is 76.7 Å². The van der Waals surface area contributed by atoms with Crippen LogP contribution in [0, 0.1) is 0 Å². The molecule has 6 heteroatoms. The summed E-state index contributed by atoms with van der Waals surface area (Å²) in [5.74, 6) is 0.919. The summed E-state index contributed by atoms with van der Waals surface area (Å²) in [6, 6.07) is 18.9. The van der Waals surface area contributed by atoms with Crippen LogP contribution in [0.15, 0.2) is 60.7 Å². The van der Waals surface area contributed by atoms with Crippen LogP contribution in [0.3, 0.4) is 0 Å². The summed E-state index contributed by atoms with van der Waals surface area (Å²) >= 11 is 0. The van der Waals surface area contributed by atoms with Crippen molar-refractivity contribution in [2.24, 2.45) is 0 Å². The van der Waals surface area contributed by atoms with Crippen molar-refractivity contribution < 1.29 is 19.1 Å². The van der Waals surface area contributed by atoms with Gasteiger partial charge in [0.1, 0.15) is 0 Å². The molecule has 0 aliphatic heterocycles. The minimum atomic E-state index is -0.191. The summed E-state index contributed by atoms with van der Waals surface area (Å²) < 4.78 is 10.5. The zero-order chi connectivity index (χ0) is 20.6. The molecule has 0 heterocycles. The minimum absolute atomic E-state index is 0.140. The van der Waals surface area contributed by atoms with Crippen LogP contribution in [0.4, 0.5) is 0 Å². The molecule has 2 amide bonds. The van der Waals surface area contributed by atoms with E-state index in [0.717, 1.165) is 16.3 Å². The fourth-order valence-electron chi connectivity index (χ4n) is 3.00. The van der Waals surface area contributed by atoms with E-state index in [1.54, 1.807) is 26.4 Å². The largest absolute Gasteiger partial charge is 0.493 e. The Kier molecular flexibility index (Phi) is 6.68. The third kappa shape index (κ3) is 5.25. The Morgan fingerprint density at radius 3 is 2.34 bits per heavy atom. The highest BCUT2D eigenvalue weighted by molar-refractivity contribution is 5.98. The maximum atomic E-state index is 12.3. The van der Waals surface area contributed by atoms with Gasteiger partial charge in [-0.3, -0.25) is 9.59 Å². The van der Waals surface area contributed by atoms with Crippen molar-refractivity contribution in [3.63, 3.8) is 0 Å². The number of hydrogen-bond acceptors (Lipinski definition) is 4. The van der Waals surface area contributed by atoms with Gasteiger partial charge in [0.15, 0.2) is 11.5 Å². The monoisotopic (exact) mass is 392 g/mol. The lowest BCUT2D eigenvalue weighted by Crippen LogP contribution is -2.30. The van der Waals surface area contributed by atoms with Crippen molar-refractivity contribution in [2.45, 2.75) is 13.0 Å². The summed E-state index contributed by atoms with van der Waals surface area (Å²) in [5, 5.41) is 7.72. The lowest BCUT2D eigenvalue weighted by molar-refractivity contribution is -0.121. The maximum Gasteiger partial charge on any atom is 0.251 e. The van der Waals surface area contributed by atoms with Crippen LogP contribution in [0.1, 0.15) is 22.3 Å². The molecule has 0 atom stereocenters. The van der Waals surface area contributed by atoms with E-state index >= 15 is 0 Å². The summed E-state index contributed by atoms with van der Waals surface area (Å²) in [7, 11) is 3.14. The SMILES string of the molecule is COc1ccc(CNC(=O)CCNC(=O)c2ccc3ccccc3c2)cc1OC. The molecular formula is C23H24N2O4. The number of benzene rings is 3. The molecule has 3 aromatic rings. The van der Waals surface area contributed by atoms with Gasteiger partial charge in [0.2, 0.25) is 5.91 Å². The Morgan fingerprint density at radius 1 is 0.828 bits per heavy atom. The molecule has 2 N–H and O–H groups in total. The normalized spacial score (nSPS) is 10.4. The van der Waals surface area contributed by atoms with Gasteiger partial charge in [-0.05, 0) is 40.6 Å². The Balaban J connectivity index is 1.46. The molecular weight excluding hydrogens is 368 g/mol. The first-order valence-corrected chi connectivity index (χ1v) is 9.35. The van der Waals surface area contributed by atoms with Crippen LogP contribution < -0.4 is 20.1 Å². The molecule has 0 aliphatic rings. The molecule has 0 radical (unpaired) electrons. The maximum absolute atomic E-state index is 12.3. The van der Waals surface area contributed by atoms with Gasteiger partial charge in [0.05, 0.1) is 14.2 Å². The summed E-state index contributed by atoms with van der Waals surface area (Å²) in [5.41, 5.74) is 1.48. The summed E-state index contributed by atoms with van der Waals surface area (Å²) in [6.07, 6.45) is 0.201. The number of carbonyl (C=O) groups is 2. The minimum Gasteiger partial charge on any atom is -0.493 e. The second-order valence-corrected chi connectivity index (χ2v) is 6.53. The second kappa shape index (κ2) is 9.59. The van der Waals surface area contributed by atoms with Gasteiger partial charge in [-0.15, -0.1) is 0 Å². The van der Waals surface area contributed by atoms with Crippen LogP contribution >= 0.6 is 0 Å². The van der Waals surface area contributed by atoms with Crippen LogP contribution in [0.2, 0.25) is 0 Å².